The van der Waals surface area contributed by atoms with E-state index in [4.69, 9.17) is 4.74 Å². The molecule has 1 amide bonds. The van der Waals surface area contributed by atoms with E-state index in [1.807, 2.05) is 0 Å². The quantitative estimate of drug-likeness (QED) is 0.563. The molecule has 0 aromatic heterocycles. The third-order valence-electron chi connectivity index (χ3n) is 2.23. The van der Waals surface area contributed by atoms with E-state index in [2.05, 4.69) is 24.5 Å². The van der Waals surface area contributed by atoms with Gasteiger partial charge in [-0.3, -0.25) is 4.79 Å². The van der Waals surface area contributed by atoms with Crippen LogP contribution in [-0.2, 0) is 9.53 Å². The molecule has 0 aromatic carbocycles. The van der Waals surface area contributed by atoms with Crippen molar-refractivity contribution in [3.63, 3.8) is 0 Å². The summed E-state index contributed by atoms with van der Waals surface area (Å²) < 4.78 is 4.84. The van der Waals surface area contributed by atoms with E-state index in [0.717, 1.165) is 6.42 Å². The lowest BCUT2D eigenvalue weighted by Crippen LogP contribution is -2.39. The molecule has 0 saturated heterocycles. The first-order valence-electron chi connectivity index (χ1n) is 5.69. The van der Waals surface area contributed by atoms with Crippen molar-refractivity contribution < 1.29 is 9.53 Å². The lowest BCUT2D eigenvalue weighted by atomic mass is 10.1. The molecule has 15 heavy (non-hydrogen) atoms. The van der Waals surface area contributed by atoms with Crippen molar-refractivity contribution in [1.82, 2.24) is 10.6 Å². The van der Waals surface area contributed by atoms with Crippen molar-refractivity contribution in [3.05, 3.63) is 0 Å². The van der Waals surface area contributed by atoms with Crippen LogP contribution >= 0.6 is 0 Å². The Balaban J connectivity index is 3.36. The number of unbranched alkanes of at least 4 members (excludes halogenated alkanes) is 1. The van der Waals surface area contributed by atoms with Gasteiger partial charge in [-0.15, -0.1) is 0 Å². The first-order valence-corrected chi connectivity index (χ1v) is 5.69. The van der Waals surface area contributed by atoms with Gasteiger partial charge in [-0.25, -0.2) is 0 Å². The second kappa shape index (κ2) is 9.93. The minimum atomic E-state index is 0.0374. The van der Waals surface area contributed by atoms with Gasteiger partial charge in [-0.05, 0) is 13.3 Å². The van der Waals surface area contributed by atoms with Crippen molar-refractivity contribution in [2.45, 2.75) is 39.2 Å². The monoisotopic (exact) mass is 216 g/mol. The molecule has 1 unspecified atom stereocenters. The Hall–Kier alpha value is -0.610. The Bertz CT molecular complexity index is 163. The van der Waals surface area contributed by atoms with Gasteiger partial charge in [0.2, 0.25) is 5.91 Å². The maximum Gasteiger partial charge on any atom is 0.234 e. The molecular formula is C11H24N2O2. The molecule has 0 rings (SSSR count). The summed E-state index contributed by atoms with van der Waals surface area (Å²) in [6, 6.07) is 0.415. The second-order valence-corrected chi connectivity index (χ2v) is 3.77. The fraction of sp³-hybridized carbons (Fsp3) is 0.909. The molecule has 0 heterocycles. The van der Waals surface area contributed by atoms with Gasteiger partial charge < -0.3 is 15.4 Å². The van der Waals surface area contributed by atoms with Crippen LogP contribution in [0, 0.1) is 0 Å². The molecular weight excluding hydrogens is 192 g/mol. The zero-order chi connectivity index (χ0) is 11.5. The van der Waals surface area contributed by atoms with Gasteiger partial charge >= 0.3 is 0 Å². The molecule has 4 heteroatoms. The number of carbonyl (C=O) groups is 1. The Labute approximate surface area is 92.8 Å². The number of ether oxygens (including phenoxy) is 1. The molecule has 90 valence electrons. The van der Waals surface area contributed by atoms with Gasteiger partial charge in [-0.1, -0.05) is 19.8 Å². The molecule has 0 bridgehead atoms. The van der Waals surface area contributed by atoms with Crippen molar-refractivity contribution in [2.75, 3.05) is 26.8 Å². The fourth-order valence-corrected chi connectivity index (χ4v) is 1.23. The summed E-state index contributed by atoms with van der Waals surface area (Å²) in [5, 5.41) is 5.96. The highest BCUT2D eigenvalue weighted by atomic mass is 16.5. The highest BCUT2D eigenvalue weighted by Gasteiger charge is 2.04. The van der Waals surface area contributed by atoms with Crippen LogP contribution < -0.4 is 10.6 Å². The summed E-state index contributed by atoms with van der Waals surface area (Å²) in [7, 11) is 1.62. The van der Waals surface area contributed by atoms with E-state index in [1.165, 1.54) is 12.8 Å². The summed E-state index contributed by atoms with van der Waals surface area (Å²) in [5.41, 5.74) is 0. The summed E-state index contributed by atoms with van der Waals surface area (Å²) in [6.07, 6.45) is 3.54. The van der Waals surface area contributed by atoms with Gasteiger partial charge in [0.25, 0.3) is 0 Å². The summed E-state index contributed by atoms with van der Waals surface area (Å²) in [4.78, 5) is 11.3. The van der Waals surface area contributed by atoms with Gasteiger partial charge in [0.1, 0.15) is 0 Å². The lowest BCUT2D eigenvalue weighted by molar-refractivity contribution is -0.120. The van der Waals surface area contributed by atoms with E-state index in [-0.39, 0.29) is 5.91 Å². The summed E-state index contributed by atoms with van der Waals surface area (Å²) >= 11 is 0. The van der Waals surface area contributed by atoms with Crippen LogP contribution in [0.3, 0.4) is 0 Å². The Morgan fingerprint density at radius 3 is 2.80 bits per heavy atom. The standard InChI is InChI=1S/C11H24N2O2/c1-4-5-6-10(2)13-9-11(14)12-7-8-15-3/h10,13H,4-9H2,1-3H3,(H,12,14). The Morgan fingerprint density at radius 1 is 1.47 bits per heavy atom. The topological polar surface area (TPSA) is 50.4 Å². The van der Waals surface area contributed by atoms with Gasteiger partial charge in [0.15, 0.2) is 0 Å². The van der Waals surface area contributed by atoms with Crippen LogP contribution in [0.2, 0.25) is 0 Å². The van der Waals surface area contributed by atoms with Crippen molar-refractivity contribution >= 4 is 5.91 Å². The lowest BCUT2D eigenvalue weighted by Gasteiger charge is -2.12. The Kier molecular flexibility index (Phi) is 9.52. The van der Waals surface area contributed by atoms with Crippen LogP contribution in [-0.4, -0.2) is 38.8 Å². The number of nitrogens with one attached hydrogen (secondary N) is 2. The third kappa shape index (κ3) is 9.69. The SMILES string of the molecule is CCCCC(C)NCC(=O)NCCOC. The van der Waals surface area contributed by atoms with Crippen LogP contribution in [0.1, 0.15) is 33.1 Å². The average molecular weight is 216 g/mol. The van der Waals surface area contributed by atoms with Gasteiger partial charge in [0, 0.05) is 19.7 Å². The number of hydrogen-bond acceptors (Lipinski definition) is 3. The predicted molar refractivity (Wildman–Crippen MR) is 61.9 cm³/mol. The predicted octanol–water partition coefficient (Wildman–Crippen LogP) is 0.917. The minimum Gasteiger partial charge on any atom is -0.383 e. The first kappa shape index (κ1) is 14.4. The van der Waals surface area contributed by atoms with E-state index < -0.39 is 0 Å². The number of amides is 1. The first-order chi connectivity index (χ1) is 7.20. The summed E-state index contributed by atoms with van der Waals surface area (Å²) in [5.74, 6) is 0.0374. The third-order valence-corrected chi connectivity index (χ3v) is 2.23. The van der Waals surface area contributed by atoms with Crippen LogP contribution in [0.25, 0.3) is 0 Å². The highest BCUT2D eigenvalue weighted by molar-refractivity contribution is 5.77. The smallest absolute Gasteiger partial charge is 0.234 e. The molecule has 4 nitrogen and oxygen atoms in total. The molecule has 0 aliphatic rings. The van der Waals surface area contributed by atoms with E-state index in [0.29, 0.717) is 25.7 Å². The highest BCUT2D eigenvalue weighted by Crippen LogP contribution is 1.98. The van der Waals surface area contributed by atoms with E-state index in [1.54, 1.807) is 7.11 Å². The second-order valence-electron chi connectivity index (χ2n) is 3.77. The zero-order valence-corrected chi connectivity index (χ0v) is 10.1. The fourth-order valence-electron chi connectivity index (χ4n) is 1.23. The molecule has 0 aromatic rings. The van der Waals surface area contributed by atoms with Crippen LogP contribution in [0.4, 0.5) is 0 Å². The van der Waals surface area contributed by atoms with Crippen LogP contribution in [0.5, 0.6) is 0 Å². The normalized spacial score (nSPS) is 12.5. The molecule has 0 saturated carbocycles. The largest absolute Gasteiger partial charge is 0.383 e. The molecule has 0 aliphatic carbocycles. The van der Waals surface area contributed by atoms with Crippen molar-refractivity contribution in [2.24, 2.45) is 0 Å². The molecule has 0 aliphatic heterocycles. The minimum absolute atomic E-state index is 0.0374. The Morgan fingerprint density at radius 2 is 2.20 bits per heavy atom. The average Bonchev–Trinajstić information content (AvgIpc) is 2.24. The molecule has 0 spiro atoms. The zero-order valence-electron chi connectivity index (χ0n) is 10.1. The van der Waals surface area contributed by atoms with Gasteiger partial charge in [0.05, 0.1) is 13.2 Å². The van der Waals surface area contributed by atoms with Crippen molar-refractivity contribution in [1.29, 1.82) is 0 Å². The molecule has 2 N–H and O–H groups in total. The van der Waals surface area contributed by atoms with Crippen LogP contribution in [0.15, 0.2) is 0 Å². The number of rotatable bonds is 9. The maximum absolute atomic E-state index is 11.3. The summed E-state index contributed by atoms with van der Waals surface area (Å²) in [6.45, 7) is 5.83. The number of carbonyl (C=O) groups excluding carboxylic acids is 1. The van der Waals surface area contributed by atoms with E-state index >= 15 is 0 Å². The molecule has 0 fully saturated rings. The molecule has 0 radical (unpaired) electrons. The number of hydrogen-bond donors (Lipinski definition) is 2. The molecule has 1 atom stereocenters. The maximum atomic E-state index is 11.3. The van der Waals surface area contributed by atoms with E-state index in [9.17, 15) is 4.79 Å². The van der Waals surface area contributed by atoms with Gasteiger partial charge in [-0.2, -0.15) is 0 Å². The van der Waals surface area contributed by atoms with Crippen molar-refractivity contribution in [3.8, 4) is 0 Å². The number of methoxy groups -OCH3 is 1.